The number of pyridine rings is 2. The summed E-state index contributed by atoms with van der Waals surface area (Å²) in [5.41, 5.74) is 9.01. The molecule has 0 spiro atoms. The van der Waals surface area contributed by atoms with Gasteiger partial charge in [-0.05, 0) is 42.8 Å². The first-order valence-corrected chi connectivity index (χ1v) is 9.46. The zero-order valence-electron chi connectivity index (χ0n) is 16.4. The van der Waals surface area contributed by atoms with Gasteiger partial charge in [0.2, 0.25) is 5.95 Å². The number of aryl methyl sites for hydroxylation is 3. The average molecular weight is 400 g/mol. The van der Waals surface area contributed by atoms with Crippen LogP contribution in [-0.2, 0) is 13.0 Å². The maximum Gasteiger partial charge on any atom is 0.276 e. The maximum atomic E-state index is 12.8. The van der Waals surface area contributed by atoms with Gasteiger partial charge in [-0.25, -0.2) is 4.98 Å². The third-order valence-electron chi connectivity index (χ3n) is 4.81. The molecule has 0 unspecified atom stereocenters. The van der Waals surface area contributed by atoms with Gasteiger partial charge in [-0.2, -0.15) is 0 Å². The number of amides is 2. The second kappa shape index (κ2) is 8.12. The number of para-hydroxylation sites is 2. The number of nitrogens with two attached hydrogens (primary N) is 1. The van der Waals surface area contributed by atoms with Crippen molar-refractivity contribution >= 4 is 28.8 Å². The van der Waals surface area contributed by atoms with Crippen LogP contribution in [0.25, 0.3) is 11.0 Å². The van der Waals surface area contributed by atoms with Gasteiger partial charge in [-0.15, -0.1) is 0 Å². The van der Waals surface area contributed by atoms with Crippen molar-refractivity contribution in [2.24, 2.45) is 5.73 Å². The lowest BCUT2D eigenvalue weighted by atomic mass is 10.1. The summed E-state index contributed by atoms with van der Waals surface area (Å²) in [7, 11) is 0. The Hall–Kier alpha value is -4.07. The van der Waals surface area contributed by atoms with E-state index in [0.29, 0.717) is 24.5 Å². The number of rotatable bonds is 6. The molecule has 30 heavy (non-hydrogen) atoms. The standard InChI is InChI=1S/C22H20N6O2/c1-14-12-18(25-13-16(14)20(23)29)21(30)27-22-26-17-7-2-3-8-19(17)28(22)11-9-15-6-4-5-10-24-15/h2-8,10,12-13H,9,11H2,1H3,(H2,23,29)(H,26,27,30). The van der Waals surface area contributed by atoms with Crippen LogP contribution in [-0.4, -0.2) is 31.3 Å². The number of benzene rings is 1. The zero-order valence-corrected chi connectivity index (χ0v) is 16.4. The third-order valence-corrected chi connectivity index (χ3v) is 4.81. The van der Waals surface area contributed by atoms with E-state index in [2.05, 4.69) is 20.3 Å². The van der Waals surface area contributed by atoms with Crippen molar-refractivity contribution in [2.45, 2.75) is 19.9 Å². The first kappa shape index (κ1) is 19.3. The smallest absolute Gasteiger partial charge is 0.276 e. The molecule has 0 aliphatic rings. The van der Waals surface area contributed by atoms with Crippen LogP contribution in [0.3, 0.4) is 0 Å². The second-order valence-electron chi connectivity index (χ2n) is 6.85. The van der Waals surface area contributed by atoms with Crippen LogP contribution in [0.5, 0.6) is 0 Å². The summed E-state index contributed by atoms with van der Waals surface area (Å²) in [6.45, 7) is 2.31. The molecule has 3 N–H and O–H groups in total. The van der Waals surface area contributed by atoms with E-state index in [1.54, 1.807) is 13.1 Å². The SMILES string of the molecule is Cc1cc(C(=O)Nc2nc3ccccc3n2CCc2ccccn2)ncc1C(N)=O. The minimum atomic E-state index is -0.580. The Labute approximate surface area is 172 Å². The molecule has 0 saturated heterocycles. The summed E-state index contributed by atoms with van der Waals surface area (Å²) < 4.78 is 1.95. The Morgan fingerprint density at radius 1 is 1.10 bits per heavy atom. The third kappa shape index (κ3) is 3.88. The number of anilines is 1. The Balaban J connectivity index is 1.62. The first-order valence-electron chi connectivity index (χ1n) is 9.46. The topological polar surface area (TPSA) is 116 Å². The Bertz CT molecular complexity index is 1230. The highest BCUT2D eigenvalue weighted by molar-refractivity contribution is 6.03. The van der Waals surface area contributed by atoms with Crippen LogP contribution in [0, 0.1) is 6.92 Å². The highest BCUT2D eigenvalue weighted by atomic mass is 16.2. The number of fused-ring (bicyclic) bond motifs is 1. The molecule has 150 valence electrons. The summed E-state index contributed by atoms with van der Waals surface area (Å²) in [4.78, 5) is 37.2. The number of carbonyl (C=O) groups excluding carboxylic acids is 2. The molecular formula is C22H20N6O2. The number of aromatic nitrogens is 4. The molecule has 0 saturated carbocycles. The molecule has 3 aromatic heterocycles. The van der Waals surface area contributed by atoms with Gasteiger partial charge in [0.15, 0.2) is 0 Å². The molecule has 3 heterocycles. The molecule has 0 aliphatic heterocycles. The number of nitrogens with zero attached hydrogens (tertiary/aromatic N) is 4. The van der Waals surface area contributed by atoms with Crippen molar-refractivity contribution in [3.63, 3.8) is 0 Å². The lowest BCUT2D eigenvalue weighted by Crippen LogP contribution is -2.19. The fourth-order valence-corrected chi connectivity index (χ4v) is 3.27. The quantitative estimate of drug-likeness (QED) is 0.516. The highest BCUT2D eigenvalue weighted by Crippen LogP contribution is 2.21. The van der Waals surface area contributed by atoms with E-state index in [0.717, 1.165) is 16.7 Å². The second-order valence-corrected chi connectivity index (χ2v) is 6.85. The molecule has 2 amide bonds. The van der Waals surface area contributed by atoms with Crippen molar-refractivity contribution in [3.05, 3.63) is 83.4 Å². The normalized spacial score (nSPS) is 10.8. The fourth-order valence-electron chi connectivity index (χ4n) is 3.27. The average Bonchev–Trinajstić information content (AvgIpc) is 3.09. The van der Waals surface area contributed by atoms with Gasteiger partial charge in [0, 0.05) is 31.1 Å². The lowest BCUT2D eigenvalue weighted by Gasteiger charge is -2.10. The number of hydrogen-bond donors (Lipinski definition) is 2. The summed E-state index contributed by atoms with van der Waals surface area (Å²) in [5, 5.41) is 2.84. The summed E-state index contributed by atoms with van der Waals surface area (Å²) >= 11 is 0. The molecular weight excluding hydrogens is 380 g/mol. The van der Waals surface area contributed by atoms with Crippen molar-refractivity contribution in [1.82, 2.24) is 19.5 Å². The minimum absolute atomic E-state index is 0.181. The molecule has 0 fully saturated rings. The minimum Gasteiger partial charge on any atom is -0.366 e. The molecule has 4 aromatic rings. The van der Waals surface area contributed by atoms with Gasteiger partial charge in [-0.1, -0.05) is 18.2 Å². The van der Waals surface area contributed by atoms with Crippen molar-refractivity contribution < 1.29 is 9.59 Å². The first-order chi connectivity index (χ1) is 14.5. The van der Waals surface area contributed by atoms with E-state index >= 15 is 0 Å². The van der Waals surface area contributed by atoms with Crippen molar-refractivity contribution in [1.29, 1.82) is 0 Å². The number of primary amides is 1. The van der Waals surface area contributed by atoms with Crippen LogP contribution >= 0.6 is 0 Å². The molecule has 0 bridgehead atoms. The molecule has 4 rings (SSSR count). The Morgan fingerprint density at radius 2 is 1.90 bits per heavy atom. The predicted octanol–water partition coefficient (Wildman–Crippen LogP) is 2.73. The van der Waals surface area contributed by atoms with E-state index in [1.807, 2.05) is 47.0 Å². The van der Waals surface area contributed by atoms with E-state index < -0.39 is 11.8 Å². The van der Waals surface area contributed by atoms with E-state index in [4.69, 9.17) is 5.73 Å². The highest BCUT2D eigenvalue weighted by Gasteiger charge is 2.17. The number of hydrogen-bond acceptors (Lipinski definition) is 5. The largest absolute Gasteiger partial charge is 0.366 e. The zero-order chi connectivity index (χ0) is 21.1. The van der Waals surface area contributed by atoms with Gasteiger partial charge >= 0.3 is 0 Å². The number of nitrogens with one attached hydrogen (secondary N) is 1. The predicted molar refractivity (Wildman–Crippen MR) is 113 cm³/mol. The van der Waals surface area contributed by atoms with E-state index in [-0.39, 0.29) is 11.3 Å². The molecule has 0 atom stereocenters. The Kier molecular flexibility index (Phi) is 5.21. The van der Waals surface area contributed by atoms with Crippen molar-refractivity contribution in [2.75, 3.05) is 5.32 Å². The summed E-state index contributed by atoms with van der Waals surface area (Å²) in [6, 6.07) is 15.0. The lowest BCUT2D eigenvalue weighted by molar-refractivity contribution is 0.0992. The molecule has 0 aliphatic carbocycles. The van der Waals surface area contributed by atoms with Crippen LogP contribution < -0.4 is 11.1 Å². The van der Waals surface area contributed by atoms with Gasteiger partial charge < -0.3 is 10.3 Å². The van der Waals surface area contributed by atoms with Gasteiger partial charge in [0.1, 0.15) is 5.69 Å². The summed E-state index contributed by atoms with van der Waals surface area (Å²) in [5.74, 6) is -0.567. The van der Waals surface area contributed by atoms with Crippen LogP contribution in [0.15, 0.2) is 60.9 Å². The molecule has 1 aromatic carbocycles. The van der Waals surface area contributed by atoms with E-state index in [9.17, 15) is 9.59 Å². The monoisotopic (exact) mass is 400 g/mol. The van der Waals surface area contributed by atoms with Crippen LogP contribution in [0.2, 0.25) is 0 Å². The summed E-state index contributed by atoms with van der Waals surface area (Å²) in [6.07, 6.45) is 3.76. The van der Waals surface area contributed by atoms with Gasteiger partial charge in [0.25, 0.3) is 11.8 Å². The number of carbonyl (C=O) groups is 2. The Morgan fingerprint density at radius 3 is 2.63 bits per heavy atom. The number of imidazole rings is 1. The van der Waals surface area contributed by atoms with Gasteiger partial charge in [-0.3, -0.25) is 24.9 Å². The van der Waals surface area contributed by atoms with Crippen LogP contribution in [0.1, 0.15) is 32.1 Å². The fraction of sp³-hybridized carbons (Fsp3) is 0.136. The molecule has 0 radical (unpaired) electrons. The molecule has 8 nitrogen and oxygen atoms in total. The molecule has 8 heteroatoms. The maximum absolute atomic E-state index is 12.8. The van der Waals surface area contributed by atoms with Crippen molar-refractivity contribution in [3.8, 4) is 0 Å². The van der Waals surface area contributed by atoms with Crippen LogP contribution in [0.4, 0.5) is 5.95 Å². The van der Waals surface area contributed by atoms with Gasteiger partial charge in [0.05, 0.1) is 16.6 Å². The van der Waals surface area contributed by atoms with E-state index in [1.165, 1.54) is 12.3 Å².